The summed E-state index contributed by atoms with van der Waals surface area (Å²) in [6.45, 7) is 5.91. The maximum Gasteiger partial charge on any atom is 0.230 e. The Hall–Kier alpha value is -2.34. The summed E-state index contributed by atoms with van der Waals surface area (Å²) in [5, 5.41) is 3.85. The summed E-state index contributed by atoms with van der Waals surface area (Å²) in [5.74, 6) is 2.15. The number of hydrogen-bond acceptors (Lipinski definition) is 5. The van der Waals surface area contributed by atoms with E-state index in [9.17, 15) is 4.79 Å². The molecule has 0 radical (unpaired) electrons. The highest BCUT2D eigenvalue weighted by Crippen LogP contribution is 2.19. The van der Waals surface area contributed by atoms with E-state index in [-0.39, 0.29) is 12.3 Å². The molecule has 1 amide bonds. The molecule has 152 valence electrons. The third-order valence-electron chi connectivity index (χ3n) is 5.44. The van der Waals surface area contributed by atoms with Crippen LogP contribution in [0.1, 0.15) is 29.9 Å². The number of carbonyl (C=O) groups excluding carboxylic acids is 1. The van der Waals surface area contributed by atoms with E-state index in [1.807, 2.05) is 37.1 Å². The van der Waals surface area contributed by atoms with Gasteiger partial charge < -0.3 is 19.1 Å². The monoisotopic (exact) mass is 385 g/mol. The molecule has 0 unspecified atom stereocenters. The van der Waals surface area contributed by atoms with Gasteiger partial charge in [-0.25, -0.2) is 0 Å². The number of likely N-dealkylation sites (N-methyl/N-ethyl adjacent to an activating group) is 1. The number of carbonyl (C=O) groups is 1. The Morgan fingerprint density at radius 1 is 1.36 bits per heavy atom. The van der Waals surface area contributed by atoms with Gasteiger partial charge in [-0.1, -0.05) is 17.3 Å². The Morgan fingerprint density at radius 3 is 2.82 bits per heavy atom. The highest BCUT2D eigenvalue weighted by molar-refractivity contribution is 5.77. The van der Waals surface area contributed by atoms with Crippen LogP contribution in [0.3, 0.4) is 0 Å². The summed E-state index contributed by atoms with van der Waals surface area (Å²) in [7, 11) is 3.58. The minimum absolute atomic E-state index is 0.0894. The number of piperidine rings is 1. The van der Waals surface area contributed by atoms with Crippen LogP contribution < -0.4 is 4.74 Å². The predicted molar refractivity (Wildman–Crippen MR) is 108 cm³/mol. The van der Waals surface area contributed by atoms with Crippen LogP contribution in [-0.2, 0) is 17.6 Å². The van der Waals surface area contributed by atoms with Crippen molar-refractivity contribution in [2.45, 2.75) is 32.6 Å². The Bertz CT molecular complexity index is 757. The SMILES string of the molecule is COc1ccc(CCN2CCC[C@@H](CN(C)C(=O)Cc3cc(C)no3)C2)cc1. The summed E-state index contributed by atoms with van der Waals surface area (Å²) in [6.07, 6.45) is 3.69. The fourth-order valence-electron chi connectivity index (χ4n) is 3.86. The average Bonchev–Trinajstić information content (AvgIpc) is 3.11. The van der Waals surface area contributed by atoms with Crippen molar-refractivity contribution in [3.05, 3.63) is 47.3 Å². The Balaban J connectivity index is 1.43. The van der Waals surface area contributed by atoms with E-state index in [1.165, 1.54) is 18.4 Å². The molecule has 3 rings (SSSR count). The molecule has 1 atom stereocenters. The van der Waals surface area contributed by atoms with Gasteiger partial charge in [0.15, 0.2) is 0 Å². The number of hydrogen-bond donors (Lipinski definition) is 0. The highest BCUT2D eigenvalue weighted by Gasteiger charge is 2.23. The zero-order valence-corrected chi connectivity index (χ0v) is 17.2. The second kappa shape index (κ2) is 9.73. The van der Waals surface area contributed by atoms with Crippen LogP contribution in [0.25, 0.3) is 0 Å². The van der Waals surface area contributed by atoms with Gasteiger partial charge in [0, 0.05) is 32.7 Å². The third-order valence-corrected chi connectivity index (χ3v) is 5.44. The van der Waals surface area contributed by atoms with E-state index >= 15 is 0 Å². The van der Waals surface area contributed by atoms with Crippen molar-refractivity contribution < 1.29 is 14.1 Å². The van der Waals surface area contributed by atoms with Crippen molar-refractivity contribution >= 4 is 5.91 Å². The van der Waals surface area contributed by atoms with Crippen LogP contribution in [0.4, 0.5) is 0 Å². The number of aryl methyl sites for hydroxylation is 1. The standard InChI is InChI=1S/C22H31N3O3/c1-17-13-21(28-23-17)14-22(26)24(2)15-19-5-4-11-25(16-19)12-10-18-6-8-20(27-3)9-7-18/h6-9,13,19H,4-5,10-12,14-16H2,1-3H3/t19-/m0/s1. The molecular weight excluding hydrogens is 354 g/mol. The lowest BCUT2D eigenvalue weighted by Gasteiger charge is -2.34. The van der Waals surface area contributed by atoms with E-state index in [1.54, 1.807) is 7.11 Å². The molecule has 6 nitrogen and oxygen atoms in total. The van der Waals surface area contributed by atoms with Crippen LogP contribution in [0.15, 0.2) is 34.9 Å². The molecule has 0 aliphatic carbocycles. The van der Waals surface area contributed by atoms with Gasteiger partial charge in [-0.2, -0.15) is 0 Å². The van der Waals surface area contributed by atoms with Crippen LogP contribution in [0, 0.1) is 12.8 Å². The van der Waals surface area contributed by atoms with E-state index < -0.39 is 0 Å². The smallest absolute Gasteiger partial charge is 0.230 e. The van der Waals surface area contributed by atoms with Crippen molar-refractivity contribution in [3.8, 4) is 5.75 Å². The molecule has 6 heteroatoms. The zero-order chi connectivity index (χ0) is 19.9. The van der Waals surface area contributed by atoms with Gasteiger partial charge in [0.1, 0.15) is 11.5 Å². The second-order valence-electron chi connectivity index (χ2n) is 7.79. The molecule has 0 bridgehead atoms. The number of nitrogens with zero attached hydrogens (tertiary/aromatic N) is 3. The molecule has 1 aliphatic heterocycles. The number of rotatable bonds is 8. The molecule has 28 heavy (non-hydrogen) atoms. The first kappa shape index (κ1) is 20.4. The lowest BCUT2D eigenvalue weighted by atomic mass is 9.97. The molecule has 1 fully saturated rings. The molecular formula is C22H31N3O3. The van der Waals surface area contributed by atoms with Crippen molar-refractivity contribution in [1.29, 1.82) is 0 Å². The molecule has 0 spiro atoms. The largest absolute Gasteiger partial charge is 0.497 e. The van der Waals surface area contributed by atoms with Gasteiger partial charge >= 0.3 is 0 Å². The van der Waals surface area contributed by atoms with Crippen molar-refractivity contribution in [1.82, 2.24) is 15.0 Å². The topological polar surface area (TPSA) is 58.8 Å². The lowest BCUT2D eigenvalue weighted by molar-refractivity contribution is -0.130. The van der Waals surface area contributed by atoms with Crippen molar-refractivity contribution in [3.63, 3.8) is 0 Å². The number of likely N-dealkylation sites (tertiary alicyclic amines) is 1. The first-order chi connectivity index (χ1) is 13.5. The van der Waals surface area contributed by atoms with Crippen LogP contribution in [-0.4, -0.2) is 61.2 Å². The van der Waals surface area contributed by atoms with Crippen LogP contribution in [0.2, 0.25) is 0 Å². The Morgan fingerprint density at radius 2 is 2.14 bits per heavy atom. The van der Waals surface area contributed by atoms with E-state index in [0.29, 0.717) is 11.7 Å². The summed E-state index contributed by atoms with van der Waals surface area (Å²) in [6, 6.07) is 10.1. The molecule has 1 aliphatic rings. The lowest BCUT2D eigenvalue weighted by Crippen LogP contribution is -2.42. The number of ether oxygens (including phenoxy) is 1. The zero-order valence-electron chi connectivity index (χ0n) is 17.2. The van der Waals surface area contributed by atoms with Crippen molar-refractivity contribution in [2.24, 2.45) is 5.92 Å². The van der Waals surface area contributed by atoms with Gasteiger partial charge in [-0.15, -0.1) is 0 Å². The Labute approximate surface area is 167 Å². The summed E-state index contributed by atoms with van der Waals surface area (Å²) >= 11 is 0. The van der Waals surface area contributed by atoms with Crippen LogP contribution >= 0.6 is 0 Å². The fraction of sp³-hybridized carbons (Fsp3) is 0.545. The van der Waals surface area contributed by atoms with E-state index in [2.05, 4.69) is 22.2 Å². The second-order valence-corrected chi connectivity index (χ2v) is 7.79. The minimum Gasteiger partial charge on any atom is -0.497 e. The Kier molecular flexibility index (Phi) is 7.09. The third kappa shape index (κ3) is 5.83. The average molecular weight is 386 g/mol. The highest BCUT2D eigenvalue weighted by atomic mass is 16.5. The molecule has 0 saturated carbocycles. The maximum atomic E-state index is 12.5. The first-order valence-electron chi connectivity index (χ1n) is 10.0. The predicted octanol–water partition coefficient (Wildman–Crippen LogP) is 2.95. The van der Waals surface area contributed by atoms with Gasteiger partial charge in [-0.3, -0.25) is 4.79 Å². The quantitative estimate of drug-likeness (QED) is 0.699. The minimum atomic E-state index is 0.0894. The summed E-state index contributed by atoms with van der Waals surface area (Å²) < 4.78 is 10.4. The van der Waals surface area contributed by atoms with E-state index in [0.717, 1.165) is 44.0 Å². The molecule has 2 heterocycles. The first-order valence-corrected chi connectivity index (χ1v) is 10.0. The number of benzene rings is 1. The molecule has 1 aromatic carbocycles. The normalized spacial score (nSPS) is 17.5. The summed E-state index contributed by atoms with van der Waals surface area (Å²) in [5.41, 5.74) is 2.14. The van der Waals surface area contributed by atoms with Gasteiger partial charge in [-0.05, 0) is 56.3 Å². The number of methoxy groups -OCH3 is 1. The van der Waals surface area contributed by atoms with Gasteiger partial charge in [0.05, 0.1) is 19.2 Å². The summed E-state index contributed by atoms with van der Waals surface area (Å²) in [4.78, 5) is 16.8. The number of aromatic nitrogens is 1. The maximum absolute atomic E-state index is 12.5. The van der Waals surface area contributed by atoms with Crippen molar-refractivity contribution in [2.75, 3.05) is 40.3 Å². The fourth-order valence-corrected chi connectivity index (χ4v) is 3.86. The van der Waals surface area contributed by atoms with Crippen LogP contribution in [0.5, 0.6) is 5.75 Å². The van der Waals surface area contributed by atoms with Gasteiger partial charge in [0.2, 0.25) is 5.91 Å². The van der Waals surface area contributed by atoms with E-state index in [4.69, 9.17) is 9.26 Å². The molecule has 2 aromatic rings. The molecule has 1 aromatic heterocycles. The molecule has 0 N–H and O–H groups in total. The number of amides is 1. The molecule has 1 saturated heterocycles. The van der Waals surface area contributed by atoms with Gasteiger partial charge in [0.25, 0.3) is 0 Å².